The highest BCUT2D eigenvalue weighted by atomic mass is 19.1. The lowest BCUT2D eigenvalue weighted by Crippen LogP contribution is -2.40. The molecule has 0 aromatic heterocycles. The first-order chi connectivity index (χ1) is 8.06. The Labute approximate surface area is 101 Å². The van der Waals surface area contributed by atoms with E-state index in [9.17, 15) is 9.50 Å². The van der Waals surface area contributed by atoms with Gasteiger partial charge in [-0.2, -0.15) is 0 Å². The van der Waals surface area contributed by atoms with Crippen LogP contribution in [0.15, 0.2) is 18.2 Å². The normalized spacial score (nSPS) is 19.8. The molecule has 1 aliphatic rings. The molecule has 0 saturated heterocycles. The summed E-state index contributed by atoms with van der Waals surface area (Å²) >= 11 is 0. The van der Waals surface area contributed by atoms with Crippen molar-refractivity contribution >= 4 is 0 Å². The van der Waals surface area contributed by atoms with Crippen molar-refractivity contribution in [3.05, 3.63) is 35.1 Å². The maximum atomic E-state index is 13.4. The first kappa shape index (κ1) is 12.5. The number of aryl methyl sites for hydroxylation is 1. The van der Waals surface area contributed by atoms with Crippen LogP contribution in [0.2, 0.25) is 0 Å². The van der Waals surface area contributed by atoms with E-state index in [1.165, 1.54) is 6.07 Å². The number of halogens is 1. The molecule has 1 atom stereocenters. The molecule has 2 nitrogen and oxygen atoms in total. The highest BCUT2D eigenvalue weighted by Crippen LogP contribution is 2.41. The van der Waals surface area contributed by atoms with E-state index in [1.54, 1.807) is 26.2 Å². The molecule has 2 rings (SSSR count). The number of aliphatic hydroxyl groups excluding tert-OH is 1. The zero-order valence-corrected chi connectivity index (χ0v) is 10.4. The van der Waals surface area contributed by atoms with E-state index in [-0.39, 0.29) is 11.4 Å². The molecule has 94 valence electrons. The number of methoxy groups -OCH3 is 1. The minimum Gasteiger partial charge on any atom is -0.388 e. The molecule has 1 aromatic carbocycles. The zero-order chi connectivity index (χ0) is 12.5. The third-order valence-electron chi connectivity index (χ3n) is 3.84. The molecule has 17 heavy (non-hydrogen) atoms. The minimum absolute atomic E-state index is 0.194. The summed E-state index contributed by atoms with van der Waals surface area (Å²) in [4.78, 5) is 0. The Hall–Kier alpha value is -0.930. The van der Waals surface area contributed by atoms with E-state index < -0.39 is 6.10 Å². The van der Waals surface area contributed by atoms with Crippen LogP contribution in [0.25, 0.3) is 0 Å². The summed E-state index contributed by atoms with van der Waals surface area (Å²) < 4.78 is 18.9. The maximum Gasteiger partial charge on any atom is 0.126 e. The maximum absolute atomic E-state index is 13.4. The molecule has 0 amide bonds. The average molecular weight is 238 g/mol. The van der Waals surface area contributed by atoms with Crippen molar-refractivity contribution in [2.45, 2.75) is 44.3 Å². The van der Waals surface area contributed by atoms with Gasteiger partial charge < -0.3 is 9.84 Å². The molecule has 3 heteroatoms. The molecule has 0 spiro atoms. The van der Waals surface area contributed by atoms with E-state index in [2.05, 4.69) is 0 Å². The van der Waals surface area contributed by atoms with Crippen molar-refractivity contribution in [3.63, 3.8) is 0 Å². The molecule has 1 saturated carbocycles. The van der Waals surface area contributed by atoms with Crippen molar-refractivity contribution in [3.8, 4) is 0 Å². The molecule has 1 fully saturated rings. The highest BCUT2D eigenvalue weighted by Gasteiger charge is 2.39. The fraction of sp³-hybridized carbons (Fsp3) is 0.571. The van der Waals surface area contributed by atoms with Crippen LogP contribution in [0, 0.1) is 12.7 Å². The van der Waals surface area contributed by atoms with Gasteiger partial charge in [0, 0.05) is 13.5 Å². The lowest BCUT2D eigenvalue weighted by atomic mass is 9.75. The Balaban J connectivity index is 2.08. The third kappa shape index (κ3) is 2.50. The van der Waals surface area contributed by atoms with E-state index in [0.717, 1.165) is 19.3 Å². The molecule has 0 aliphatic heterocycles. The Bertz CT molecular complexity index is 394. The molecule has 1 unspecified atom stereocenters. The first-order valence-corrected chi connectivity index (χ1v) is 6.06. The van der Waals surface area contributed by atoms with E-state index in [4.69, 9.17) is 4.74 Å². The number of hydrogen-bond donors (Lipinski definition) is 1. The fourth-order valence-corrected chi connectivity index (χ4v) is 2.35. The topological polar surface area (TPSA) is 29.5 Å². The summed E-state index contributed by atoms with van der Waals surface area (Å²) in [6.45, 7) is 1.72. The number of ether oxygens (including phenoxy) is 1. The summed E-state index contributed by atoms with van der Waals surface area (Å²) in [5.41, 5.74) is 1.04. The van der Waals surface area contributed by atoms with Gasteiger partial charge in [-0.25, -0.2) is 4.39 Å². The Morgan fingerprint density at radius 3 is 2.65 bits per heavy atom. The summed E-state index contributed by atoms with van der Waals surface area (Å²) in [7, 11) is 1.68. The molecule has 0 bridgehead atoms. The second kappa shape index (κ2) is 4.75. The molecule has 1 N–H and O–H groups in total. The van der Waals surface area contributed by atoms with Gasteiger partial charge in [0.05, 0.1) is 11.7 Å². The van der Waals surface area contributed by atoms with Crippen LogP contribution < -0.4 is 0 Å². The van der Waals surface area contributed by atoms with E-state index >= 15 is 0 Å². The van der Waals surface area contributed by atoms with Crippen LogP contribution in [0.4, 0.5) is 4.39 Å². The SMILES string of the molecule is COC1(CC(O)c2ccc(C)c(F)c2)CCC1. The lowest BCUT2D eigenvalue weighted by molar-refractivity contribution is -0.0999. The predicted octanol–water partition coefficient (Wildman–Crippen LogP) is 3.13. The van der Waals surface area contributed by atoms with Gasteiger partial charge in [0.1, 0.15) is 5.82 Å². The van der Waals surface area contributed by atoms with Crippen molar-refractivity contribution in [2.75, 3.05) is 7.11 Å². The van der Waals surface area contributed by atoms with E-state index in [1.807, 2.05) is 0 Å². The summed E-state index contributed by atoms with van der Waals surface area (Å²) in [6, 6.07) is 4.90. The van der Waals surface area contributed by atoms with Crippen LogP contribution in [0.5, 0.6) is 0 Å². The van der Waals surface area contributed by atoms with Crippen LogP contribution in [-0.4, -0.2) is 17.8 Å². The van der Waals surface area contributed by atoms with Crippen LogP contribution in [0.3, 0.4) is 0 Å². The van der Waals surface area contributed by atoms with Crippen LogP contribution in [0.1, 0.15) is 42.9 Å². The Kier molecular flexibility index (Phi) is 3.50. The van der Waals surface area contributed by atoms with Crippen molar-refractivity contribution < 1.29 is 14.2 Å². The number of benzene rings is 1. The van der Waals surface area contributed by atoms with E-state index in [0.29, 0.717) is 17.5 Å². The minimum atomic E-state index is -0.648. The smallest absolute Gasteiger partial charge is 0.126 e. The quantitative estimate of drug-likeness (QED) is 0.873. The summed E-state index contributed by atoms with van der Waals surface area (Å²) in [6.07, 6.45) is 3.00. The van der Waals surface area contributed by atoms with Gasteiger partial charge in [-0.3, -0.25) is 0 Å². The number of aliphatic hydroxyl groups is 1. The monoisotopic (exact) mass is 238 g/mol. The van der Waals surface area contributed by atoms with Crippen molar-refractivity contribution in [1.29, 1.82) is 0 Å². The molecular weight excluding hydrogens is 219 g/mol. The highest BCUT2D eigenvalue weighted by molar-refractivity contribution is 5.25. The van der Waals surface area contributed by atoms with Crippen LogP contribution >= 0.6 is 0 Å². The van der Waals surface area contributed by atoms with Gasteiger partial charge in [-0.15, -0.1) is 0 Å². The fourth-order valence-electron chi connectivity index (χ4n) is 2.35. The standard InChI is InChI=1S/C14H19FO2/c1-10-4-5-11(8-12(10)15)13(16)9-14(17-2)6-3-7-14/h4-5,8,13,16H,3,6-7,9H2,1-2H3. The third-order valence-corrected chi connectivity index (χ3v) is 3.84. The molecular formula is C14H19FO2. The van der Waals surface area contributed by atoms with Gasteiger partial charge in [-0.1, -0.05) is 12.1 Å². The van der Waals surface area contributed by atoms with Crippen molar-refractivity contribution in [1.82, 2.24) is 0 Å². The zero-order valence-electron chi connectivity index (χ0n) is 10.4. The number of hydrogen-bond acceptors (Lipinski definition) is 2. The van der Waals surface area contributed by atoms with Gasteiger partial charge >= 0.3 is 0 Å². The van der Waals surface area contributed by atoms with Crippen LogP contribution in [-0.2, 0) is 4.74 Å². The molecule has 0 heterocycles. The van der Waals surface area contributed by atoms with Gasteiger partial charge in [-0.05, 0) is 43.4 Å². The Morgan fingerprint density at radius 1 is 1.47 bits per heavy atom. The Morgan fingerprint density at radius 2 is 2.18 bits per heavy atom. The van der Waals surface area contributed by atoms with Crippen molar-refractivity contribution in [2.24, 2.45) is 0 Å². The average Bonchev–Trinajstić information content (AvgIpc) is 2.27. The summed E-state index contributed by atoms with van der Waals surface area (Å²) in [5, 5.41) is 10.1. The molecule has 1 aromatic rings. The van der Waals surface area contributed by atoms with Gasteiger partial charge in [0.25, 0.3) is 0 Å². The molecule has 1 aliphatic carbocycles. The second-order valence-corrected chi connectivity index (χ2v) is 4.97. The molecule has 0 radical (unpaired) electrons. The largest absolute Gasteiger partial charge is 0.388 e. The van der Waals surface area contributed by atoms with Gasteiger partial charge in [0.15, 0.2) is 0 Å². The summed E-state index contributed by atoms with van der Waals surface area (Å²) in [5.74, 6) is -0.262. The second-order valence-electron chi connectivity index (χ2n) is 4.97. The predicted molar refractivity (Wildman–Crippen MR) is 64.3 cm³/mol. The first-order valence-electron chi connectivity index (χ1n) is 6.06. The van der Waals surface area contributed by atoms with Gasteiger partial charge in [0.2, 0.25) is 0 Å². The number of rotatable bonds is 4. The lowest BCUT2D eigenvalue weighted by Gasteiger charge is -2.41.